The van der Waals surface area contributed by atoms with Gasteiger partial charge in [0.1, 0.15) is 5.82 Å². The second-order valence-electron chi connectivity index (χ2n) is 7.59. The zero-order chi connectivity index (χ0) is 18.5. The molecule has 1 aliphatic carbocycles. The van der Waals surface area contributed by atoms with Crippen LogP contribution >= 0.6 is 0 Å². The Morgan fingerprint density at radius 2 is 1.81 bits per heavy atom. The number of pyridine rings is 1. The number of nitrogens with two attached hydrogens (primary N) is 1. The Morgan fingerprint density at radius 3 is 2.67 bits per heavy atom. The topological polar surface area (TPSA) is 66.5 Å². The van der Waals surface area contributed by atoms with Crippen LogP contribution in [0.5, 0.6) is 0 Å². The number of aromatic nitrogens is 1. The van der Waals surface area contributed by atoms with Crippen LogP contribution in [-0.2, 0) is 19.4 Å². The molecule has 0 radical (unpaired) electrons. The molecule has 3 N–H and O–H groups in total. The van der Waals surface area contributed by atoms with Crippen LogP contribution in [0.15, 0.2) is 41.5 Å². The minimum atomic E-state index is 0.459. The van der Waals surface area contributed by atoms with Gasteiger partial charge in [0.05, 0.1) is 6.54 Å². The summed E-state index contributed by atoms with van der Waals surface area (Å²) in [7, 11) is 0. The number of aryl methyl sites for hydroxylation is 2. The Balaban J connectivity index is 1.39. The zero-order valence-corrected chi connectivity index (χ0v) is 16.0. The van der Waals surface area contributed by atoms with Crippen molar-refractivity contribution in [3.8, 4) is 0 Å². The molecule has 2 heterocycles. The van der Waals surface area contributed by atoms with Crippen molar-refractivity contribution in [2.24, 2.45) is 10.7 Å². The van der Waals surface area contributed by atoms with Crippen LogP contribution in [0.4, 0.5) is 11.5 Å². The largest absolute Gasteiger partial charge is 0.370 e. The van der Waals surface area contributed by atoms with E-state index in [4.69, 9.17) is 5.73 Å². The summed E-state index contributed by atoms with van der Waals surface area (Å²) in [5.41, 5.74) is 11.2. The summed E-state index contributed by atoms with van der Waals surface area (Å²) in [6.07, 6.45) is 10.7. The van der Waals surface area contributed by atoms with Gasteiger partial charge in [-0.1, -0.05) is 18.9 Å². The molecule has 1 aromatic heterocycles. The molecular weight excluding hydrogens is 334 g/mol. The van der Waals surface area contributed by atoms with E-state index in [2.05, 4.69) is 44.5 Å². The van der Waals surface area contributed by atoms with E-state index in [9.17, 15) is 0 Å². The van der Waals surface area contributed by atoms with E-state index in [0.717, 1.165) is 36.6 Å². The molecule has 2 aromatic rings. The lowest BCUT2D eigenvalue weighted by molar-refractivity contribution is 0.726. The monoisotopic (exact) mass is 363 g/mol. The molecule has 0 unspecified atom stereocenters. The fourth-order valence-electron chi connectivity index (χ4n) is 4.05. The van der Waals surface area contributed by atoms with Gasteiger partial charge in [0.25, 0.3) is 0 Å². The van der Waals surface area contributed by atoms with Crippen molar-refractivity contribution in [1.29, 1.82) is 0 Å². The van der Waals surface area contributed by atoms with Crippen LogP contribution < -0.4 is 16.0 Å². The smallest absolute Gasteiger partial charge is 0.193 e. The van der Waals surface area contributed by atoms with Gasteiger partial charge in [0, 0.05) is 25.0 Å². The predicted molar refractivity (Wildman–Crippen MR) is 112 cm³/mol. The van der Waals surface area contributed by atoms with Gasteiger partial charge in [-0.15, -0.1) is 0 Å². The van der Waals surface area contributed by atoms with Gasteiger partial charge >= 0.3 is 0 Å². The Hall–Kier alpha value is -2.56. The van der Waals surface area contributed by atoms with Crippen LogP contribution in [0.25, 0.3) is 0 Å². The number of anilines is 2. The molecule has 5 nitrogen and oxygen atoms in total. The third kappa shape index (κ3) is 4.59. The molecule has 0 amide bonds. The first-order valence-electron chi connectivity index (χ1n) is 10.2. The van der Waals surface area contributed by atoms with Crippen molar-refractivity contribution < 1.29 is 0 Å². The van der Waals surface area contributed by atoms with Gasteiger partial charge in [0.2, 0.25) is 0 Å². The van der Waals surface area contributed by atoms with Gasteiger partial charge in [-0.3, -0.25) is 0 Å². The maximum atomic E-state index is 6.11. The van der Waals surface area contributed by atoms with E-state index in [-0.39, 0.29) is 0 Å². The van der Waals surface area contributed by atoms with Gasteiger partial charge in [-0.25, -0.2) is 9.98 Å². The average Bonchev–Trinajstić information content (AvgIpc) is 2.98. The van der Waals surface area contributed by atoms with Gasteiger partial charge < -0.3 is 16.0 Å². The molecule has 4 rings (SSSR count). The fraction of sp³-hybridized carbons (Fsp3) is 0.455. The van der Waals surface area contributed by atoms with Crippen molar-refractivity contribution in [1.82, 2.24) is 4.98 Å². The number of nitrogens with zero attached hydrogens (tertiary/aromatic N) is 3. The average molecular weight is 364 g/mol. The third-order valence-electron chi connectivity index (χ3n) is 5.54. The molecule has 1 fully saturated rings. The van der Waals surface area contributed by atoms with Gasteiger partial charge in [0.15, 0.2) is 5.96 Å². The van der Waals surface area contributed by atoms with Crippen molar-refractivity contribution in [2.45, 2.75) is 51.5 Å². The maximum absolute atomic E-state index is 6.11. The molecule has 5 heteroatoms. The van der Waals surface area contributed by atoms with Crippen LogP contribution in [0.2, 0.25) is 0 Å². The Bertz CT molecular complexity index is 806. The molecule has 1 aromatic carbocycles. The summed E-state index contributed by atoms with van der Waals surface area (Å²) in [4.78, 5) is 11.5. The van der Waals surface area contributed by atoms with E-state index in [1.54, 1.807) is 0 Å². The summed E-state index contributed by atoms with van der Waals surface area (Å²) in [5.74, 6) is 1.52. The Labute approximate surface area is 161 Å². The quantitative estimate of drug-likeness (QED) is 0.639. The highest BCUT2D eigenvalue weighted by Crippen LogP contribution is 2.25. The molecule has 0 spiro atoms. The van der Waals surface area contributed by atoms with Crippen LogP contribution in [0, 0.1) is 0 Å². The molecule has 0 atom stereocenters. The third-order valence-corrected chi connectivity index (χ3v) is 5.54. The lowest BCUT2D eigenvalue weighted by atomic mass is 10.1. The second kappa shape index (κ2) is 8.42. The van der Waals surface area contributed by atoms with Crippen molar-refractivity contribution in [3.63, 3.8) is 0 Å². The van der Waals surface area contributed by atoms with E-state index in [1.165, 1.54) is 49.7 Å². The lowest BCUT2D eigenvalue weighted by Crippen LogP contribution is -2.25. The summed E-state index contributed by atoms with van der Waals surface area (Å²) in [6.45, 7) is 2.76. The number of benzene rings is 1. The molecule has 0 saturated carbocycles. The highest BCUT2D eigenvalue weighted by molar-refractivity contribution is 5.92. The molecule has 1 saturated heterocycles. The fourth-order valence-corrected chi connectivity index (χ4v) is 4.05. The Kier molecular flexibility index (Phi) is 5.56. The minimum Gasteiger partial charge on any atom is -0.370 e. The standard InChI is InChI=1S/C22H29N5/c23-22(26-20-9-8-18-6-5-7-19(18)15-20)25-16-17-10-11-24-21(14-17)27-12-3-1-2-4-13-27/h8-11,14-15H,1-7,12-13,16H2,(H3,23,25,26). The highest BCUT2D eigenvalue weighted by atomic mass is 15.2. The van der Waals surface area contributed by atoms with Crippen molar-refractivity contribution in [2.75, 3.05) is 23.3 Å². The van der Waals surface area contributed by atoms with Crippen LogP contribution in [0.3, 0.4) is 0 Å². The SMILES string of the molecule is NC(=NCc1ccnc(N2CCCCCC2)c1)Nc1ccc2c(c1)CCC2. The number of fused-ring (bicyclic) bond motifs is 1. The number of guanidine groups is 1. The predicted octanol–water partition coefficient (Wildman–Crippen LogP) is 3.88. The zero-order valence-electron chi connectivity index (χ0n) is 16.0. The normalized spacial score (nSPS) is 17.5. The van der Waals surface area contributed by atoms with Crippen LogP contribution in [-0.4, -0.2) is 24.0 Å². The highest BCUT2D eigenvalue weighted by Gasteiger charge is 2.12. The molecular formula is C22H29N5. The summed E-state index contributed by atoms with van der Waals surface area (Å²) in [6, 6.07) is 10.7. The van der Waals surface area contributed by atoms with Crippen molar-refractivity contribution in [3.05, 3.63) is 53.2 Å². The number of hydrogen-bond acceptors (Lipinski definition) is 3. The minimum absolute atomic E-state index is 0.459. The number of aliphatic imine (C=N–C) groups is 1. The maximum Gasteiger partial charge on any atom is 0.193 e. The van der Waals surface area contributed by atoms with Crippen LogP contribution in [0.1, 0.15) is 48.8 Å². The number of hydrogen-bond donors (Lipinski definition) is 2. The molecule has 27 heavy (non-hydrogen) atoms. The van der Waals surface area contributed by atoms with E-state index >= 15 is 0 Å². The first-order chi connectivity index (χ1) is 13.3. The summed E-state index contributed by atoms with van der Waals surface area (Å²) < 4.78 is 0. The summed E-state index contributed by atoms with van der Waals surface area (Å²) >= 11 is 0. The van der Waals surface area contributed by atoms with E-state index < -0.39 is 0 Å². The van der Waals surface area contributed by atoms with Crippen molar-refractivity contribution >= 4 is 17.5 Å². The lowest BCUT2D eigenvalue weighted by Gasteiger charge is -2.21. The number of nitrogens with one attached hydrogen (secondary N) is 1. The van der Waals surface area contributed by atoms with Gasteiger partial charge in [-0.05, 0) is 73.1 Å². The molecule has 0 bridgehead atoms. The second-order valence-corrected chi connectivity index (χ2v) is 7.59. The summed E-state index contributed by atoms with van der Waals surface area (Å²) in [5, 5.41) is 3.23. The van der Waals surface area contributed by atoms with E-state index in [1.807, 2.05) is 12.3 Å². The molecule has 2 aliphatic rings. The van der Waals surface area contributed by atoms with Gasteiger partial charge in [-0.2, -0.15) is 0 Å². The first kappa shape index (κ1) is 17.8. The molecule has 142 valence electrons. The number of rotatable bonds is 4. The first-order valence-corrected chi connectivity index (χ1v) is 10.2. The molecule has 1 aliphatic heterocycles. The van der Waals surface area contributed by atoms with E-state index in [0.29, 0.717) is 12.5 Å². The Morgan fingerprint density at radius 1 is 1.00 bits per heavy atom.